The van der Waals surface area contributed by atoms with Crippen LogP contribution in [0.4, 0.5) is 4.39 Å². The van der Waals surface area contributed by atoms with Crippen LogP contribution in [0.3, 0.4) is 0 Å². The summed E-state index contributed by atoms with van der Waals surface area (Å²) in [6.07, 6.45) is 0.262. The van der Waals surface area contributed by atoms with Crippen LogP contribution in [0.2, 0.25) is 0 Å². The number of ketones is 1. The molecule has 0 bridgehead atoms. The fourth-order valence-electron chi connectivity index (χ4n) is 3.16. The monoisotopic (exact) mass is 352 g/mol. The number of nitrogens with one attached hydrogen (secondary N) is 1. The van der Waals surface area contributed by atoms with Crippen molar-refractivity contribution >= 4 is 21.7 Å². The summed E-state index contributed by atoms with van der Waals surface area (Å²) in [7, 11) is -4.38. The second-order valence-corrected chi connectivity index (χ2v) is 8.12. The first-order chi connectivity index (χ1) is 11.0. The molecule has 0 heterocycles. The average Bonchev–Trinajstić information content (AvgIpc) is 2.44. The highest BCUT2D eigenvalue weighted by molar-refractivity contribution is 7.90. The molecule has 0 saturated heterocycles. The third kappa shape index (κ3) is 2.91. The van der Waals surface area contributed by atoms with Gasteiger partial charge in [0.15, 0.2) is 0 Å². The molecule has 1 N–H and O–H groups in total. The van der Waals surface area contributed by atoms with E-state index in [0.29, 0.717) is 0 Å². The van der Waals surface area contributed by atoms with Crippen molar-refractivity contribution in [2.24, 2.45) is 17.3 Å². The van der Waals surface area contributed by atoms with Crippen LogP contribution >= 0.6 is 0 Å². The number of hydrogen-bond acceptors (Lipinski definition) is 5. The molecule has 1 aromatic carbocycles. The van der Waals surface area contributed by atoms with Crippen molar-refractivity contribution in [2.75, 3.05) is 0 Å². The molecule has 0 aromatic heterocycles. The van der Waals surface area contributed by atoms with Gasteiger partial charge >= 0.3 is 0 Å². The van der Waals surface area contributed by atoms with Crippen molar-refractivity contribution in [3.8, 4) is 6.07 Å². The molecule has 1 aliphatic carbocycles. The van der Waals surface area contributed by atoms with Gasteiger partial charge in [-0.3, -0.25) is 9.59 Å². The number of carbonyl (C=O) groups excluding carboxylic acids is 2. The number of amides is 1. The number of carbonyl (C=O) groups is 2. The summed E-state index contributed by atoms with van der Waals surface area (Å²) in [4.78, 5) is 23.2. The second-order valence-electron chi connectivity index (χ2n) is 6.47. The van der Waals surface area contributed by atoms with Crippen LogP contribution in [0.5, 0.6) is 0 Å². The topological polar surface area (TPSA) is 104 Å². The molecular formula is C16H17FN2O4S. The first-order valence-corrected chi connectivity index (χ1v) is 8.76. The number of nitriles is 1. The first kappa shape index (κ1) is 18.1. The van der Waals surface area contributed by atoms with Crippen molar-refractivity contribution in [2.45, 2.75) is 32.1 Å². The molecule has 1 saturated carbocycles. The fraction of sp³-hybridized carbons (Fsp3) is 0.438. The Kier molecular flexibility index (Phi) is 4.50. The minimum Gasteiger partial charge on any atom is -0.300 e. The molecule has 1 amide bonds. The lowest BCUT2D eigenvalue weighted by atomic mass is 9.53. The van der Waals surface area contributed by atoms with E-state index in [1.165, 1.54) is 13.0 Å². The van der Waals surface area contributed by atoms with Gasteiger partial charge < -0.3 is 0 Å². The quantitative estimate of drug-likeness (QED) is 0.889. The van der Waals surface area contributed by atoms with Gasteiger partial charge in [-0.15, -0.1) is 0 Å². The molecule has 1 aliphatic rings. The lowest BCUT2D eigenvalue weighted by molar-refractivity contribution is -0.147. The summed E-state index contributed by atoms with van der Waals surface area (Å²) in [5, 5.41) is 8.94. The fourth-order valence-corrected chi connectivity index (χ4v) is 4.34. The SMILES string of the molecule is CC(=O)[C@@H]1C[C@H](C(=O)NS(=O)(=O)c2cccc(F)c2C#N)C1(C)C. The number of hydrogen-bond donors (Lipinski definition) is 1. The zero-order valence-corrected chi connectivity index (χ0v) is 14.3. The van der Waals surface area contributed by atoms with Crippen molar-refractivity contribution in [1.82, 2.24) is 4.72 Å². The zero-order valence-electron chi connectivity index (χ0n) is 13.5. The van der Waals surface area contributed by atoms with Crippen molar-refractivity contribution < 1.29 is 22.4 Å². The minimum atomic E-state index is -4.38. The van der Waals surface area contributed by atoms with Gasteiger partial charge in [-0.05, 0) is 30.9 Å². The molecule has 2 rings (SSSR count). The minimum absolute atomic E-state index is 0.0520. The second kappa shape index (κ2) is 5.98. The van der Waals surface area contributed by atoms with E-state index in [1.54, 1.807) is 13.8 Å². The number of sulfonamides is 1. The largest absolute Gasteiger partial charge is 0.300 e. The first-order valence-electron chi connectivity index (χ1n) is 7.28. The molecule has 0 spiro atoms. The van der Waals surface area contributed by atoms with Gasteiger partial charge in [0.2, 0.25) is 5.91 Å². The van der Waals surface area contributed by atoms with E-state index in [9.17, 15) is 22.4 Å². The Balaban J connectivity index is 2.26. The average molecular weight is 352 g/mol. The summed E-state index contributed by atoms with van der Waals surface area (Å²) in [6, 6.07) is 4.66. The number of benzene rings is 1. The Hall–Kier alpha value is -2.27. The zero-order chi connectivity index (χ0) is 18.3. The van der Waals surface area contributed by atoms with E-state index in [-0.39, 0.29) is 18.1 Å². The van der Waals surface area contributed by atoms with Gasteiger partial charge in [-0.2, -0.15) is 5.26 Å². The maximum absolute atomic E-state index is 13.6. The molecule has 2 atom stereocenters. The third-order valence-electron chi connectivity index (χ3n) is 4.69. The smallest absolute Gasteiger partial charge is 0.265 e. The molecule has 0 unspecified atom stereocenters. The van der Waals surface area contributed by atoms with E-state index in [4.69, 9.17) is 5.26 Å². The van der Waals surface area contributed by atoms with Crippen LogP contribution in [0.15, 0.2) is 23.1 Å². The van der Waals surface area contributed by atoms with Crippen LogP contribution in [-0.4, -0.2) is 20.1 Å². The predicted octanol–water partition coefficient (Wildman–Crippen LogP) is 1.75. The summed E-state index contributed by atoms with van der Waals surface area (Å²) in [5.41, 5.74) is -1.31. The number of halogens is 1. The van der Waals surface area contributed by atoms with Gasteiger partial charge in [0.1, 0.15) is 28.1 Å². The van der Waals surface area contributed by atoms with E-state index in [2.05, 4.69) is 0 Å². The van der Waals surface area contributed by atoms with Crippen molar-refractivity contribution in [3.63, 3.8) is 0 Å². The standard InChI is InChI=1S/C16H17FN2O4S/c1-9(20)11-7-12(16(11,2)3)15(21)19-24(22,23)14-6-4-5-13(17)10(14)8-18/h4-6,11-12H,7H2,1-3H3,(H,19,21)/t11-,12+/m0/s1. The molecule has 6 nitrogen and oxygen atoms in total. The van der Waals surface area contributed by atoms with Crippen molar-refractivity contribution in [3.05, 3.63) is 29.6 Å². The maximum Gasteiger partial charge on any atom is 0.265 e. The predicted molar refractivity (Wildman–Crippen MR) is 82.5 cm³/mol. The van der Waals surface area contributed by atoms with E-state index < -0.39 is 43.5 Å². The molecule has 1 aromatic rings. The summed E-state index contributed by atoms with van der Waals surface area (Å²) < 4.78 is 40.1. The molecule has 1 fully saturated rings. The highest BCUT2D eigenvalue weighted by atomic mass is 32.2. The van der Waals surface area contributed by atoms with Crippen LogP contribution < -0.4 is 4.72 Å². The molecular weight excluding hydrogens is 335 g/mol. The van der Waals surface area contributed by atoms with Crippen molar-refractivity contribution in [1.29, 1.82) is 5.26 Å². The number of nitrogens with zero attached hydrogens (tertiary/aromatic N) is 1. The summed E-state index contributed by atoms with van der Waals surface area (Å²) in [6.45, 7) is 4.88. The van der Waals surface area contributed by atoms with E-state index >= 15 is 0 Å². The highest BCUT2D eigenvalue weighted by Gasteiger charge is 2.54. The Morgan fingerprint density at radius 2 is 1.96 bits per heavy atom. The van der Waals surface area contributed by atoms with Gasteiger partial charge in [0.05, 0.1) is 0 Å². The Morgan fingerprint density at radius 1 is 1.33 bits per heavy atom. The molecule has 0 radical (unpaired) electrons. The normalized spacial score (nSPS) is 22.1. The Labute approximate surface area is 139 Å². The Bertz CT molecular complexity index is 855. The van der Waals surface area contributed by atoms with Crippen LogP contribution in [0.1, 0.15) is 32.8 Å². The van der Waals surface area contributed by atoms with E-state index in [0.717, 1.165) is 18.2 Å². The summed E-state index contributed by atoms with van der Waals surface area (Å²) >= 11 is 0. The molecule has 128 valence electrons. The maximum atomic E-state index is 13.6. The van der Waals surface area contributed by atoms with Gasteiger partial charge in [0, 0.05) is 11.8 Å². The lowest BCUT2D eigenvalue weighted by Crippen LogP contribution is -2.55. The van der Waals surface area contributed by atoms with Crippen LogP contribution in [0.25, 0.3) is 0 Å². The third-order valence-corrected chi connectivity index (χ3v) is 6.08. The number of Topliss-reactive ketones (excluding diaryl/α,β-unsaturated/α-hetero) is 1. The Morgan fingerprint density at radius 3 is 2.46 bits per heavy atom. The van der Waals surface area contributed by atoms with Gasteiger partial charge in [-0.1, -0.05) is 19.9 Å². The van der Waals surface area contributed by atoms with Crippen LogP contribution in [-0.2, 0) is 19.6 Å². The van der Waals surface area contributed by atoms with Gasteiger partial charge in [0.25, 0.3) is 10.0 Å². The molecule has 0 aliphatic heterocycles. The summed E-state index contributed by atoms with van der Waals surface area (Å²) in [5.74, 6) is -2.75. The van der Waals surface area contributed by atoms with Gasteiger partial charge in [-0.25, -0.2) is 17.5 Å². The lowest BCUT2D eigenvalue weighted by Gasteiger charge is -2.49. The van der Waals surface area contributed by atoms with E-state index in [1.807, 2.05) is 4.72 Å². The molecule has 24 heavy (non-hydrogen) atoms. The molecule has 8 heteroatoms. The number of rotatable bonds is 4. The van der Waals surface area contributed by atoms with Crippen LogP contribution in [0, 0.1) is 34.4 Å². The highest BCUT2D eigenvalue weighted by Crippen LogP contribution is 2.51.